The lowest BCUT2D eigenvalue weighted by Crippen LogP contribution is -2.36. The number of benzene rings is 2. The Balaban J connectivity index is 1.72. The van der Waals surface area contributed by atoms with E-state index in [-0.39, 0.29) is 5.82 Å². The van der Waals surface area contributed by atoms with Gasteiger partial charge in [0.2, 0.25) is 10.0 Å². The van der Waals surface area contributed by atoms with Gasteiger partial charge < -0.3 is 5.32 Å². The van der Waals surface area contributed by atoms with E-state index >= 15 is 0 Å². The Kier molecular flexibility index (Phi) is 5.83. The van der Waals surface area contributed by atoms with Gasteiger partial charge in [0.1, 0.15) is 5.82 Å². The van der Waals surface area contributed by atoms with Crippen molar-refractivity contribution in [1.82, 2.24) is 9.62 Å². The van der Waals surface area contributed by atoms with Crippen LogP contribution in [0.2, 0.25) is 0 Å². The molecule has 1 N–H and O–H groups in total. The molecule has 25 heavy (non-hydrogen) atoms. The van der Waals surface area contributed by atoms with E-state index in [1.165, 1.54) is 12.1 Å². The van der Waals surface area contributed by atoms with Crippen LogP contribution in [-0.4, -0.2) is 25.8 Å². The summed E-state index contributed by atoms with van der Waals surface area (Å²) in [5.41, 5.74) is 1.57. The van der Waals surface area contributed by atoms with Crippen LogP contribution >= 0.6 is 0 Å². The summed E-state index contributed by atoms with van der Waals surface area (Å²) >= 11 is 0. The molecule has 0 spiro atoms. The maximum absolute atomic E-state index is 13.2. The van der Waals surface area contributed by atoms with Crippen LogP contribution < -0.4 is 5.32 Å². The number of nitrogens with zero attached hydrogens (tertiary/aromatic N) is 1. The molecule has 1 aliphatic rings. The molecule has 1 aliphatic heterocycles. The van der Waals surface area contributed by atoms with E-state index in [2.05, 4.69) is 5.32 Å². The summed E-state index contributed by atoms with van der Waals surface area (Å²) in [6, 6.07) is 13.5. The van der Waals surface area contributed by atoms with Crippen LogP contribution in [-0.2, 0) is 23.1 Å². The van der Waals surface area contributed by atoms with Crippen LogP contribution in [0.3, 0.4) is 0 Å². The lowest BCUT2D eigenvalue weighted by atomic mass is 10.2. The average molecular weight is 362 g/mol. The molecular formula is C19H23FN2O2S. The molecule has 0 atom stereocenters. The third-order valence-electron chi connectivity index (χ3n) is 4.44. The van der Waals surface area contributed by atoms with Gasteiger partial charge in [-0.05, 0) is 42.2 Å². The molecule has 1 saturated heterocycles. The summed E-state index contributed by atoms with van der Waals surface area (Å²) in [6.07, 6.45) is 2.92. The van der Waals surface area contributed by atoms with Gasteiger partial charge in [-0.2, -0.15) is 4.31 Å². The molecule has 1 fully saturated rings. The van der Waals surface area contributed by atoms with Gasteiger partial charge in [-0.1, -0.05) is 36.8 Å². The Morgan fingerprint density at radius 3 is 2.48 bits per heavy atom. The molecule has 0 bridgehead atoms. The lowest BCUT2D eigenvalue weighted by Gasteiger charge is -2.26. The summed E-state index contributed by atoms with van der Waals surface area (Å²) in [5.74, 6) is -0.271. The van der Waals surface area contributed by atoms with Crippen molar-refractivity contribution in [2.75, 3.05) is 13.1 Å². The number of nitrogens with one attached hydrogen (secondary N) is 1. The van der Waals surface area contributed by atoms with Crippen molar-refractivity contribution < 1.29 is 12.8 Å². The van der Waals surface area contributed by atoms with Crippen LogP contribution in [0.5, 0.6) is 0 Å². The van der Waals surface area contributed by atoms with Crippen molar-refractivity contribution in [3.05, 3.63) is 65.5 Å². The molecule has 6 heteroatoms. The van der Waals surface area contributed by atoms with Crippen molar-refractivity contribution in [3.63, 3.8) is 0 Å². The molecular weight excluding hydrogens is 339 g/mol. The molecule has 0 amide bonds. The largest absolute Gasteiger partial charge is 0.309 e. The van der Waals surface area contributed by atoms with E-state index in [4.69, 9.17) is 0 Å². The van der Waals surface area contributed by atoms with Crippen molar-refractivity contribution in [3.8, 4) is 0 Å². The predicted molar refractivity (Wildman–Crippen MR) is 96.0 cm³/mol. The second kappa shape index (κ2) is 8.08. The van der Waals surface area contributed by atoms with E-state index in [9.17, 15) is 12.8 Å². The topological polar surface area (TPSA) is 49.4 Å². The van der Waals surface area contributed by atoms with Crippen LogP contribution in [0.15, 0.2) is 53.4 Å². The number of hydrogen-bond acceptors (Lipinski definition) is 3. The molecule has 2 aromatic carbocycles. The monoisotopic (exact) mass is 362 g/mol. The summed E-state index contributed by atoms with van der Waals surface area (Å²) in [6.45, 7) is 2.08. The van der Waals surface area contributed by atoms with Gasteiger partial charge in [0.05, 0.1) is 4.90 Å². The quantitative estimate of drug-likeness (QED) is 0.858. The first-order chi connectivity index (χ1) is 12.1. The first-order valence-corrected chi connectivity index (χ1v) is 10.0. The van der Waals surface area contributed by atoms with E-state index in [1.54, 1.807) is 22.5 Å². The molecule has 0 radical (unpaired) electrons. The first-order valence-electron chi connectivity index (χ1n) is 8.60. The van der Waals surface area contributed by atoms with Crippen LogP contribution in [0.4, 0.5) is 4.39 Å². The minimum Gasteiger partial charge on any atom is -0.309 e. The first kappa shape index (κ1) is 18.0. The highest BCUT2D eigenvalue weighted by atomic mass is 32.2. The highest BCUT2D eigenvalue weighted by Gasteiger charge is 2.27. The highest BCUT2D eigenvalue weighted by molar-refractivity contribution is 7.89. The molecule has 4 nitrogen and oxygen atoms in total. The molecule has 3 rings (SSSR count). The number of sulfonamides is 1. The Labute approximate surface area is 148 Å². The van der Waals surface area contributed by atoms with Crippen molar-refractivity contribution in [2.24, 2.45) is 0 Å². The molecule has 0 saturated carbocycles. The predicted octanol–water partition coefficient (Wildman–Crippen LogP) is 3.29. The fourth-order valence-corrected chi connectivity index (χ4v) is 4.87. The summed E-state index contributed by atoms with van der Waals surface area (Å²) in [4.78, 5) is 0.364. The number of halogens is 1. The van der Waals surface area contributed by atoms with Crippen molar-refractivity contribution in [1.29, 1.82) is 0 Å². The second-order valence-electron chi connectivity index (χ2n) is 6.31. The average Bonchev–Trinajstić information content (AvgIpc) is 2.63. The Bertz CT molecular complexity index is 818. The third-order valence-corrected chi connectivity index (χ3v) is 6.44. The van der Waals surface area contributed by atoms with Gasteiger partial charge in [-0.3, -0.25) is 0 Å². The molecule has 0 aromatic heterocycles. The van der Waals surface area contributed by atoms with Crippen LogP contribution in [0.25, 0.3) is 0 Å². The summed E-state index contributed by atoms with van der Waals surface area (Å²) < 4.78 is 40.7. The standard InChI is InChI=1S/C19H23FN2O2S/c20-18-9-6-7-16(13-18)14-21-15-17-8-2-3-10-19(17)25(23,24)22-11-4-1-5-12-22/h2-3,6-10,13,21H,1,4-5,11-12,14-15H2. The zero-order chi connectivity index (χ0) is 17.7. The summed E-state index contributed by atoms with van der Waals surface area (Å²) in [7, 11) is -3.46. The van der Waals surface area contributed by atoms with E-state index < -0.39 is 10.0 Å². The normalized spacial score (nSPS) is 16.0. The van der Waals surface area contributed by atoms with Gasteiger partial charge in [0.15, 0.2) is 0 Å². The van der Waals surface area contributed by atoms with Gasteiger partial charge >= 0.3 is 0 Å². The fourth-order valence-electron chi connectivity index (χ4n) is 3.13. The maximum Gasteiger partial charge on any atom is 0.243 e. The smallest absolute Gasteiger partial charge is 0.243 e. The van der Waals surface area contributed by atoms with Gasteiger partial charge in [0, 0.05) is 26.2 Å². The molecule has 0 unspecified atom stereocenters. The molecule has 2 aromatic rings. The second-order valence-corrected chi connectivity index (χ2v) is 8.21. The van der Waals surface area contributed by atoms with Crippen molar-refractivity contribution in [2.45, 2.75) is 37.2 Å². The van der Waals surface area contributed by atoms with Crippen LogP contribution in [0, 0.1) is 5.82 Å². The third kappa shape index (κ3) is 4.45. The summed E-state index contributed by atoms with van der Waals surface area (Å²) in [5, 5.41) is 3.21. The SMILES string of the molecule is O=S(=O)(c1ccccc1CNCc1cccc(F)c1)N1CCCCC1. The van der Waals surface area contributed by atoms with Crippen LogP contribution in [0.1, 0.15) is 30.4 Å². The van der Waals surface area contributed by atoms with Gasteiger partial charge in [0.25, 0.3) is 0 Å². The van der Waals surface area contributed by atoms with E-state index in [0.717, 1.165) is 30.4 Å². The Morgan fingerprint density at radius 2 is 1.72 bits per heavy atom. The minimum absolute atomic E-state index is 0.271. The molecule has 1 heterocycles. The Morgan fingerprint density at radius 1 is 0.960 bits per heavy atom. The minimum atomic E-state index is -3.46. The van der Waals surface area contributed by atoms with Gasteiger partial charge in [-0.15, -0.1) is 0 Å². The zero-order valence-corrected chi connectivity index (χ0v) is 14.9. The lowest BCUT2D eigenvalue weighted by molar-refractivity contribution is 0.346. The maximum atomic E-state index is 13.2. The van der Waals surface area contributed by atoms with Crippen molar-refractivity contribution >= 4 is 10.0 Å². The zero-order valence-electron chi connectivity index (χ0n) is 14.1. The number of rotatable bonds is 6. The number of hydrogen-bond donors (Lipinski definition) is 1. The van der Waals surface area contributed by atoms with E-state index in [1.807, 2.05) is 18.2 Å². The highest BCUT2D eigenvalue weighted by Crippen LogP contribution is 2.23. The van der Waals surface area contributed by atoms with E-state index in [0.29, 0.717) is 31.1 Å². The fraction of sp³-hybridized carbons (Fsp3) is 0.368. The molecule has 134 valence electrons. The Hall–Kier alpha value is -1.76. The number of piperidine rings is 1. The molecule has 0 aliphatic carbocycles. The van der Waals surface area contributed by atoms with Gasteiger partial charge in [-0.25, -0.2) is 12.8 Å².